The van der Waals surface area contributed by atoms with Crippen molar-refractivity contribution in [2.75, 3.05) is 32.0 Å². The molecule has 8 nitrogen and oxygen atoms in total. The maximum Gasteiger partial charge on any atom is 0.304 e. The van der Waals surface area contributed by atoms with Crippen molar-refractivity contribution in [1.82, 2.24) is 14.5 Å². The van der Waals surface area contributed by atoms with Crippen LogP contribution in [0.5, 0.6) is 0 Å². The molecular weight excluding hydrogens is 512 g/mol. The van der Waals surface area contributed by atoms with E-state index >= 15 is 0 Å². The molecule has 1 atom stereocenters. The molecule has 1 N–H and O–H groups in total. The normalized spacial score (nSPS) is 12.2. The Hall–Kier alpha value is -3.69. The van der Waals surface area contributed by atoms with Gasteiger partial charge >= 0.3 is 10.2 Å². The molecule has 0 aromatic heterocycles. The van der Waals surface area contributed by atoms with Crippen LogP contribution in [0, 0.1) is 20.8 Å². The summed E-state index contributed by atoms with van der Waals surface area (Å²) in [6.45, 7) is 5.33. The molecule has 2 amide bonds. The largest absolute Gasteiger partial charge is 0.357 e. The zero-order valence-electron chi connectivity index (χ0n) is 23.5. The second-order valence-corrected chi connectivity index (χ2v) is 12.0. The Morgan fingerprint density at radius 1 is 0.846 bits per heavy atom. The third-order valence-electron chi connectivity index (χ3n) is 6.61. The summed E-state index contributed by atoms with van der Waals surface area (Å²) in [4.78, 5) is 28.9. The van der Waals surface area contributed by atoms with Gasteiger partial charge in [-0.05, 0) is 49.1 Å². The van der Waals surface area contributed by atoms with E-state index in [-0.39, 0.29) is 18.9 Å². The van der Waals surface area contributed by atoms with E-state index < -0.39 is 28.7 Å². The Bertz CT molecular complexity index is 1410. The molecule has 39 heavy (non-hydrogen) atoms. The predicted octanol–water partition coefficient (Wildman–Crippen LogP) is 3.61. The zero-order valence-corrected chi connectivity index (χ0v) is 24.3. The summed E-state index contributed by atoms with van der Waals surface area (Å²) >= 11 is 0. The maximum absolute atomic E-state index is 14.2. The Morgan fingerprint density at radius 3 is 2.10 bits per heavy atom. The van der Waals surface area contributed by atoms with Crippen LogP contribution in [-0.4, -0.2) is 63.2 Å². The number of benzene rings is 3. The monoisotopic (exact) mass is 550 g/mol. The molecule has 3 aromatic rings. The first kappa shape index (κ1) is 29.9. The number of amides is 2. The van der Waals surface area contributed by atoms with Gasteiger partial charge in [-0.3, -0.25) is 9.59 Å². The summed E-state index contributed by atoms with van der Waals surface area (Å²) < 4.78 is 29.2. The number of likely N-dealkylation sites (N-methyl/N-ethyl adjacent to an activating group) is 1. The van der Waals surface area contributed by atoms with Crippen molar-refractivity contribution in [3.8, 4) is 0 Å². The Labute approximate surface area is 232 Å². The maximum atomic E-state index is 14.2. The van der Waals surface area contributed by atoms with Gasteiger partial charge in [-0.15, -0.1) is 0 Å². The molecule has 0 unspecified atom stereocenters. The van der Waals surface area contributed by atoms with Crippen LogP contribution in [0.3, 0.4) is 0 Å². The van der Waals surface area contributed by atoms with Gasteiger partial charge in [0.05, 0.1) is 5.69 Å². The molecule has 0 saturated carbocycles. The molecule has 208 valence electrons. The molecule has 9 heteroatoms. The first-order valence-corrected chi connectivity index (χ1v) is 14.2. The SMILES string of the molecule is CNC(=O)[C@@H](Cc1ccccc1)N(Cc1cccc(C)c1)C(=O)CN(c1cc(C)ccc1C)S(=O)(=O)N(C)C. The third kappa shape index (κ3) is 7.46. The first-order chi connectivity index (χ1) is 18.4. The predicted molar refractivity (Wildman–Crippen MR) is 156 cm³/mol. The van der Waals surface area contributed by atoms with Gasteiger partial charge in [0.15, 0.2) is 0 Å². The van der Waals surface area contributed by atoms with E-state index in [4.69, 9.17) is 0 Å². The molecule has 0 saturated heterocycles. The standard InChI is InChI=1S/C30H38N4O4S/c1-22-11-10-14-26(17-22)20-33(28(30(36)31-4)19-25-12-8-7-9-13-25)29(35)21-34(39(37,38)32(5)6)27-18-23(2)15-16-24(27)3/h7-18,28H,19-21H2,1-6H3,(H,31,36)/t28-/m1/s1. The molecule has 0 spiro atoms. The highest BCUT2D eigenvalue weighted by Crippen LogP contribution is 2.26. The topological polar surface area (TPSA) is 90.0 Å². The van der Waals surface area contributed by atoms with Crippen molar-refractivity contribution < 1.29 is 18.0 Å². The number of rotatable bonds is 11. The second-order valence-electron chi connectivity index (χ2n) is 9.92. The fourth-order valence-electron chi connectivity index (χ4n) is 4.42. The van der Waals surface area contributed by atoms with Gasteiger partial charge < -0.3 is 10.2 Å². The van der Waals surface area contributed by atoms with E-state index in [0.717, 1.165) is 36.4 Å². The van der Waals surface area contributed by atoms with Crippen molar-refractivity contribution in [2.45, 2.75) is 39.8 Å². The van der Waals surface area contributed by atoms with E-state index in [1.54, 1.807) is 6.07 Å². The van der Waals surface area contributed by atoms with E-state index in [1.807, 2.05) is 87.5 Å². The number of aryl methyl sites for hydroxylation is 3. The van der Waals surface area contributed by atoms with Crippen LogP contribution in [0.25, 0.3) is 0 Å². The van der Waals surface area contributed by atoms with Gasteiger partial charge in [-0.2, -0.15) is 12.7 Å². The molecule has 0 aliphatic heterocycles. The first-order valence-electron chi connectivity index (χ1n) is 12.8. The number of hydrogen-bond acceptors (Lipinski definition) is 4. The summed E-state index contributed by atoms with van der Waals surface area (Å²) in [6, 6.07) is 21.8. The molecule has 0 bridgehead atoms. The average Bonchev–Trinajstić information content (AvgIpc) is 2.90. The molecule has 0 heterocycles. The summed E-state index contributed by atoms with van der Waals surface area (Å²) in [5, 5.41) is 2.69. The van der Waals surface area contributed by atoms with E-state index in [0.29, 0.717) is 5.69 Å². The smallest absolute Gasteiger partial charge is 0.304 e. The second kappa shape index (κ2) is 12.9. The molecule has 3 aromatic carbocycles. The Kier molecular flexibility index (Phi) is 9.88. The minimum Gasteiger partial charge on any atom is -0.357 e. The number of anilines is 1. The molecular formula is C30H38N4O4S. The molecule has 0 fully saturated rings. The summed E-state index contributed by atoms with van der Waals surface area (Å²) in [5.74, 6) is -0.805. The van der Waals surface area contributed by atoms with Crippen LogP contribution in [0.2, 0.25) is 0 Å². The van der Waals surface area contributed by atoms with Gasteiger partial charge in [0, 0.05) is 34.1 Å². The number of hydrogen-bond donors (Lipinski definition) is 1. The number of nitrogens with zero attached hydrogens (tertiary/aromatic N) is 3. The van der Waals surface area contributed by atoms with Crippen LogP contribution in [0.4, 0.5) is 5.69 Å². The van der Waals surface area contributed by atoms with Gasteiger partial charge in [0.2, 0.25) is 11.8 Å². The highest BCUT2D eigenvalue weighted by molar-refractivity contribution is 7.90. The fourth-order valence-corrected chi connectivity index (χ4v) is 5.53. The van der Waals surface area contributed by atoms with Crippen LogP contribution >= 0.6 is 0 Å². The van der Waals surface area contributed by atoms with Crippen molar-refractivity contribution >= 4 is 27.7 Å². The van der Waals surface area contributed by atoms with Crippen LogP contribution in [0.15, 0.2) is 72.8 Å². The summed E-state index contributed by atoms with van der Waals surface area (Å²) in [6.07, 6.45) is 0.280. The molecule has 0 radical (unpaired) electrons. The lowest BCUT2D eigenvalue weighted by molar-refractivity contribution is -0.139. The van der Waals surface area contributed by atoms with Crippen molar-refractivity contribution in [3.05, 3.63) is 101 Å². The lowest BCUT2D eigenvalue weighted by Gasteiger charge is -2.34. The van der Waals surface area contributed by atoms with Gasteiger partial charge in [0.25, 0.3) is 0 Å². The van der Waals surface area contributed by atoms with Crippen molar-refractivity contribution in [3.63, 3.8) is 0 Å². The summed E-state index contributed by atoms with van der Waals surface area (Å²) in [5.41, 5.74) is 4.76. The van der Waals surface area contributed by atoms with E-state index in [9.17, 15) is 18.0 Å². The lowest BCUT2D eigenvalue weighted by atomic mass is 10.0. The summed E-state index contributed by atoms with van der Waals surface area (Å²) in [7, 11) is 0.376. The molecule has 0 aliphatic carbocycles. The van der Waals surface area contributed by atoms with Crippen molar-refractivity contribution in [1.29, 1.82) is 0 Å². The zero-order chi connectivity index (χ0) is 28.7. The minimum atomic E-state index is -4.03. The third-order valence-corrected chi connectivity index (χ3v) is 8.41. The fraction of sp³-hybridized carbons (Fsp3) is 0.333. The Morgan fingerprint density at radius 2 is 1.49 bits per heavy atom. The average molecular weight is 551 g/mol. The highest BCUT2D eigenvalue weighted by Gasteiger charge is 2.34. The lowest BCUT2D eigenvalue weighted by Crippen LogP contribution is -2.54. The van der Waals surface area contributed by atoms with Crippen LogP contribution in [-0.2, 0) is 32.8 Å². The van der Waals surface area contributed by atoms with Gasteiger partial charge in [-0.25, -0.2) is 4.31 Å². The molecule has 0 aliphatic rings. The van der Waals surface area contributed by atoms with Gasteiger partial charge in [0.1, 0.15) is 12.6 Å². The quantitative estimate of drug-likeness (QED) is 0.395. The van der Waals surface area contributed by atoms with E-state index in [1.165, 1.54) is 26.0 Å². The van der Waals surface area contributed by atoms with Crippen LogP contribution in [0.1, 0.15) is 27.8 Å². The number of carbonyl (C=O) groups is 2. The Balaban J connectivity index is 2.10. The molecule has 3 rings (SSSR count). The van der Waals surface area contributed by atoms with Crippen molar-refractivity contribution in [2.24, 2.45) is 0 Å². The minimum absolute atomic E-state index is 0.147. The highest BCUT2D eigenvalue weighted by atomic mass is 32.2. The number of nitrogens with one attached hydrogen (secondary N) is 1. The van der Waals surface area contributed by atoms with Crippen LogP contribution < -0.4 is 9.62 Å². The van der Waals surface area contributed by atoms with E-state index in [2.05, 4.69) is 5.32 Å². The van der Waals surface area contributed by atoms with Gasteiger partial charge in [-0.1, -0.05) is 72.3 Å². The number of carbonyl (C=O) groups excluding carboxylic acids is 2.